The van der Waals surface area contributed by atoms with Gasteiger partial charge >= 0.3 is 0 Å². The van der Waals surface area contributed by atoms with Crippen LogP contribution in [0.5, 0.6) is 0 Å². The Kier molecular flexibility index (Phi) is 8.04. The number of hydrogen-bond acceptors (Lipinski definition) is 4. The molecule has 130 valence electrons. The first-order valence-electron chi connectivity index (χ1n) is 8.65. The highest BCUT2D eigenvalue weighted by Gasteiger charge is 2.32. The molecule has 0 saturated heterocycles. The third kappa shape index (κ3) is 6.19. The third-order valence-electron chi connectivity index (χ3n) is 4.48. The maximum Gasteiger partial charge on any atom is 0.236 e. The number of likely N-dealkylation sites (N-methyl/N-ethyl adjacent to an activating group) is 2. The predicted octanol–water partition coefficient (Wildman–Crippen LogP) is 1.52. The van der Waals surface area contributed by atoms with E-state index in [0.717, 1.165) is 38.5 Å². The van der Waals surface area contributed by atoms with Gasteiger partial charge in [-0.25, -0.2) is 0 Å². The maximum absolute atomic E-state index is 12.3. The van der Waals surface area contributed by atoms with Crippen LogP contribution in [-0.2, 0) is 9.59 Å². The molecule has 1 rings (SSSR count). The Bertz CT molecular complexity index is 432. The molecule has 0 aromatic carbocycles. The largest absolute Gasteiger partial charge is 0.342 e. The van der Waals surface area contributed by atoms with E-state index in [1.807, 2.05) is 13.8 Å². The lowest BCUT2D eigenvalue weighted by Crippen LogP contribution is -2.51. The van der Waals surface area contributed by atoms with Crippen LogP contribution in [0.25, 0.3) is 0 Å². The Hall–Kier alpha value is -1.61. The molecule has 2 amide bonds. The monoisotopic (exact) mass is 322 g/mol. The molecule has 1 saturated carbocycles. The van der Waals surface area contributed by atoms with Crippen molar-refractivity contribution in [2.75, 3.05) is 33.2 Å². The molecule has 0 aromatic heterocycles. The molecule has 1 fully saturated rings. The third-order valence-corrected chi connectivity index (χ3v) is 4.48. The van der Waals surface area contributed by atoms with E-state index in [0.29, 0.717) is 13.1 Å². The normalized spacial score (nSPS) is 17.2. The first-order valence-corrected chi connectivity index (χ1v) is 8.65. The number of hydrogen-bond donors (Lipinski definition) is 1. The summed E-state index contributed by atoms with van der Waals surface area (Å²) >= 11 is 0. The fourth-order valence-electron chi connectivity index (χ4n) is 3.11. The average molecular weight is 322 g/mol. The summed E-state index contributed by atoms with van der Waals surface area (Å²) in [5.41, 5.74) is -0.725. The number of nitrogens with zero attached hydrogens (tertiary/aromatic N) is 3. The van der Waals surface area contributed by atoms with Gasteiger partial charge in [-0.3, -0.25) is 14.5 Å². The van der Waals surface area contributed by atoms with Crippen molar-refractivity contribution in [3.8, 4) is 6.07 Å². The van der Waals surface area contributed by atoms with Crippen LogP contribution >= 0.6 is 0 Å². The van der Waals surface area contributed by atoms with Crippen LogP contribution < -0.4 is 5.32 Å². The van der Waals surface area contributed by atoms with Crippen LogP contribution in [0.15, 0.2) is 0 Å². The predicted molar refractivity (Wildman–Crippen MR) is 89.6 cm³/mol. The van der Waals surface area contributed by atoms with E-state index in [1.54, 1.807) is 16.8 Å². The van der Waals surface area contributed by atoms with Gasteiger partial charge in [0.15, 0.2) is 0 Å². The van der Waals surface area contributed by atoms with Gasteiger partial charge in [-0.2, -0.15) is 5.26 Å². The Morgan fingerprint density at radius 1 is 1.09 bits per heavy atom. The average Bonchev–Trinajstić information content (AvgIpc) is 2.74. The molecule has 0 radical (unpaired) electrons. The van der Waals surface area contributed by atoms with Crippen LogP contribution in [-0.4, -0.2) is 60.4 Å². The molecule has 0 unspecified atom stereocenters. The van der Waals surface area contributed by atoms with E-state index in [1.165, 1.54) is 0 Å². The van der Waals surface area contributed by atoms with Crippen molar-refractivity contribution in [2.24, 2.45) is 0 Å². The molecule has 6 heteroatoms. The topological polar surface area (TPSA) is 76.4 Å². The molecule has 23 heavy (non-hydrogen) atoms. The number of carbonyl (C=O) groups is 2. The summed E-state index contributed by atoms with van der Waals surface area (Å²) in [6, 6.07) is 2.31. The summed E-state index contributed by atoms with van der Waals surface area (Å²) in [4.78, 5) is 27.8. The highest BCUT2D eigenvalue weighted by Crippen LogP contribution is 2.26. The first-order chi connectivity index (χ1) is 11.0. The molecular weight excluding hydrogens is 292 g/mol. The zero-order valence-corrected chi connectivity index (χ0v) is 14.7. The van der Waals surface area contributed by atoms with Crippen LogP contribution in [0.4, 0.5) is 0 Å². The van der Waals surface area contributed by atoms with E-state index in [4.69, 9.17) is 0 Å². The lowest BCUT2D eigenvalue weighted by molar-refractivity contribution is -0.132. The molecule has 1 aliphatic rings. The molecule has 0 heterocycles. The Morgan fingerprint density at radius 2 is 1.65 bits per heavy atom. The number of nitrogens with one attached hydrogen (secondary N) is 1. The first kappa shape index (κ1) is 19.4. The van der Waals surface area contributed by atoms with E-state index < -0.39 is 5.54 Å². The lowest BCUT2D eigenvalue weighted by atomic mass is 9.92. The molecule has 0 bridgehead atoms. The van der Waals surface area contributed by atoms with Crippen LogP contribution in [0, 0.1) is 11.3 Å². The lowest BCUT2D eigenvalue weighted by Gasteiger charge is -2.28. The van der Waals surface area contributed by atoms with Crippen LogP contribution in [0.1, 0.15) is 52.4 Å². The maximum atomic E-state index is 12.3. The Labute approximate surface area is 139 Å². The van der Waals surface area contributed by atoms with Gasteiger partial charge in [-0.1, -0.05) is 25.7 Å². The Morgan fingerprint density at radius 3 is 2.13 bits per heavy atom. The fraction of sp³-hybridized carbons (Fsp3) is 0.824. The smallest absolute Gasteiger partial charge is 0.236 e. The second kappa shape index (κ2) is 9.51. The molecule has 6 nitrogen and oxygen atoms in total. The second-order valence-corrected chi connectivity index (χ2v) is 6.39. The van der Waals surface area contributed by atoms with Gasteiger partial charge in [0.1, 0.15) is 5.54 Å². The standard InChI is InChI=1S/C17H30N4O2/c1-4-21(5-2)16(23)13-20(3)12-15(22)19-17(14-18)10-8-6-7-9-11-17/h4-13H2,1-3H3,(H,19,22). The number of nitriles is 1. The van der Waals surface area contributed by atoms with Crippen molar-refractivity contribution in [3.63, 3.8) is 0 Å². The van der Waals surface area contributed by atoms with Gasteiger partial charge in [0.2, 0.25) is 11.8 Å². The quantitative estimate of drug-likeness (QED) is 0.721. The van der Waals surface area contributed by atoms with Gasteiger partial charge < -0.3 is 10.2 Å². The summed E-state index contributed by atoms with van der Waals surface area (Å²) in [6.45, 7) is 5.58. The van der Waals surface area contributed by atoms with Gasteiger partial charge in [0, 0.05) is 13.1 Å². The number of amides is 2. The number of rotatable bonds is 7. The molecule has 0 aromatic rings. The van der Waals surface area contributed by atoms with Crippen molar-refractivity contribution in [3.05, 3.63) is 0 Å². The van der Waals surface area contributed by atoms with Gasteiger partial charge in [-0.15, -0.1) is 0 Å². The highest BCUT2D eigenvalue weighted by atomic mass is 16.2. The van der Waals surface area contributed by atoms with Crippen LogP contribution in [0.2, 0.25) is 0 Å². The summed E-state index contributed by atoms with van der Waals surface area (Å²) in [6.07, 6.45) is 5.64. The van der Waals surface area contributed by atoms with Crippen molar-refractivity contribution in [1.82, 2.24) is 15.1 Å². The molecular formula is C17H30N4O2. The van der Waals surface area contributed by atoms with E-state index >= 15 is 0 Å². The minimum Gasteiger partial charge on any atom is -0.342 e. The summed E-state index contributed by atoms with van der Waals surface area (Å²) in [5.74, 6) is -0.155. The Balaban J connectivity index is 2.51. The van der Waals surface area contributed by atoms with Gasteiger partial charge in [-0.05, 0) is 33.7 Å². The summed E-state index contributed by atoms with van der Waals surface area (Å²) < 4.78 is 0. The van der Waals surface area contributed by atoms with E-state index in [9.17, 15) is 14.9 Å². The molecule has 0 spiro atoms. The number of carbonyl (C=O) groups excluding carboxylic acids is 2. The molecule has 1 aliphatic carbocycles. The molecule has 1 N–H and O–H groups in total. The van der Waals surface area contributed by atoms with Gasteiger partial charge in [0.25, 0.3) is 0 Å². The van der Waals surface area contributed by atoms with Crippen molar-refractivity contribution in [2.45, 2.75) is 57.9 Å². The minimum absolute atomic E-state index is 0.0229. The highest BCUT2D eigenvalue weighted by molar-refractivity contribution is 5.81. The zero-order chi connectivity index (χ0) is 17.3. The minimum atomic E-state index is -0.725. The summed E-state index contributed by atoms with van der Waals surface area (Å²) in [5, 5.41) is 12.4. The SMILES string of the molecule is CCN(CC)C(=O)CN(C)CC(=O)NC1(C#N)CCCCCC1. The van der Waals surface area contributed by atoms with Gasteiger partial charge in [0.05, 0.1) is 19.2 Å². The fourth-order valence-corrected chi connectivity index (χ4v) is 3.11. The summed E-state index contributed by atoms with van der Waals surface area (Å²) in [7, 11) is 1.76. The van der Waals surface area contributed by atoms with Crippen molar-refractivity contribution in [1.29, 1.82) is 5.26 Å². The van der Waals surface area contributed by atoms with Crippen molar-refractivity contribution >= 4 is 11.8 Å². The second-order valence-electron chi connectivity index (χ2n) is 6.39. The van der Waals surface area contributed by atoms with Crippen molar-refractivity contribution < 1.29 is 9.59 Å². The zero-order valence-electron chi connectivity index (χ0n) is 14.7. The van der Waals surface area contributed by atoms with E-state index in [-0.39, 0.29) is 24.9 Å². The molecule has 0 atom stereocenters. The van der Waals surface area contributed by atoms with E-state index in [2.05, 4.69) is 11.4 Å². The molecule has 0 aliphatic heterocycles. The van der Waals surface area contributed by atoms with Crippen LogP contribution in [0.3, 0.4) is 0 Å².